The van der Waals surface area contributed by atoms with E-state index in [1.165, 1.54) is 6.20 Å². The Bertz CT molecular complexity index is 854. The maximum Gasteiger partial charge on any atom is 0.274 e. The number of hydrogen-bond donors (Lipinski definition) is 0. The van der Waals surface area contributed by atoms with Gasteiger partial charge in [0.2, 0.25) is 5.69 Å². The van der Waals surface area contributed by atoms with Crippen molar-refractivity contribution in [3.8, 4) is 5.75 Å². The quantitative estimate of drug-likeness (QED) is 0.720. The lowest BCUT2D eigenvalue weighted by atomic mass is 10.0. The van der Waals surface area contributed by atoms with Crippen molar-refractivity contribution >= 4 is 27.5 Å². The molecule has 1 aliphatic carbocycles. The van der Waals surface area contributed by atoms with Crippen LogP contribution in [0.1, 0.15) is 23.3 Å². The second-order valence-electron chi connectivity index (χ2n) is 6.76. The minimum atomic E-state index is -0.0383. The van der Waals surface area contributed by atoms with Gasteiger partial charge in [0.25, 0.3) is 5.91 Å². The number of carbonyl (C=O) groups excluding carboxylic acids is 1. The predicted molar refractivity (Wildman–Crippen MR) is 99.0 cm³/mol. The van der Waals surface area contributed by atoms with Crippen molar-refractivity contribution in [3.05, 3.63) is 58.4 Å². The lowest BCUT2D eigenvalue weighted by molar-refractivity contribution is 0.0763. The highest BCUT2D eigenvalue weighted by atomic mass is 79.9. The summed E-state index contributed by atoms with van der Waals surface area (Å²) >= 11 is 3.40. The number of fused-ring (bicyclic) bond motifs is 1. The van der Waals surface area contributed by atoms with E-state index < -0.39 is 0 Å². The van der Waals surface area contributed by atoms with Gasteiger partial charge in [0.05, 0.1) is 18.9 Å². The fourth-order valence-electron chi connectivity index (χ4n) is 3.92. The first-order valence-electron chi connectivity index (χ1n) is 8.53. The average Bonchev–Trinajstić information content (AvgIpc) is 3.20. The van der Waals surface area contributed by atoms with E-state index in [0.717, 1.165) is 36.2 Å². The summed E-state index contributed by atoms with van der Waals surface area (Å²) in [5, 5.41) is 0. The third kappa shape index (κ3) is 3.29. The Balaban J connectivity index is 1.36. The Hall–Kier alpha value is -2.46. The molecule has 1 aromatic carbocycles. The Morgan fingerprint density at radius 1 is 1.27 bits per heavy atom. The van der Waals surface area contributed by atoms with Crippen molar-refractivity contribution in [1.82, 2.24) is 14.9 Å². The van der Waals surface area contributed by atoms with Crippen LogP contribution in [0.4, 0.5) is 5.69 Å². The van der Waals surface area contributed by atoms with E-state index >= 15 is 0 Å². The molecule has 2 aromatic rings. The molecule has 2 atom stereocenters. The number of likely N-dealkylation sites (tertiary alicyclic amines) is 1. The van der Waals surface area contributed by atoms with Gasteiger partial charge >= 0.3 is 0 Å². The SMILES string of the molecule is [C-]#[N+]c1ccc(OC2CC3CN(C(=O)c4cnccn4)CC3C2)cc1Br. The van der Waals surface area contributed by atoms with Gasteiger partial charge in [-0.3, -0.25) is 9.78 Å². The molecule has 1 amide bonds. The largest absolute Gasteiger partial charge is 0.490 e. The van der Waals surface area contributed by atoms with Crippen LogP contribution in [-0.2, 0) is 0 Å². The molecule has 26 heavy (non-hydrogen) atoms. The van der Waals surface area contributed by atoms with Crippen LogP contribution >= 0.6 is 15.9 Å². The van der Waals surface area contributed by atoms with E-state index in [4.69, 9.17) is 11.3 Å². The summed E-state index contributed by atoms with van der Waals surface area (Å²) in [6, 6.07) is 5.46. The molecular weight excluding hydrogens is 396 g/mol. The summed E-state index contributed by atoms with van der Waals surface area (Å²) in [5.74, 6) is 1.67. The average molecular weight is 413 g/mol. The van der Waals surface area contributed by atoms with Crippen molar-refractivity contribution in [3.63, 3.8) is 0 Å². The highest BCUT2D eigenvalue weighted by Gasteiger charge is 2.43. The topological polar surface area (TPSA) is 59.7 Å². The standard InChI is InChI=1S/C19H17BrN4O2/c1-21-17-3-2-14(8-16(17)20)26-15-6-12-10-24(11-13(12)7-15)19(25)18-9-22-4-5-23-18/h2-5,8-9,12-13,15H,6-7,10-11H2. The van der Waals surface area contributed by atoms with Crippen molar-refractivity contribution in [1.29, 1.82) is 0 Å². The van der Waals surface area contributed by atoms with Crippen molar-refractivity contribution < 1.29 is 9.53 Å². The molecule has 2 heterocycles. The molecule has 1 aliphatic heterocycles. The zero-order valence-electron chi connectivity index (χ0n) is 14.0. The molecule has 6 nitrogen and oxygen atoms in total. The van der Waals surface area contributed by atoms with Gasteiger partial charge in [-0.25, -0.2) is 9.83 Å². The van der Waals surface area contributed by atoms with E-state index in [9.17, 15) is 4.79 Å². The van der Waals surface area contributed by atoms with E-state index in [2.05, 4.69) is 30.7 Å². The Kier molecular flexibility index (Phi) is 4.60. The molecule has 0 spiro atoms. The minimum Gasteiger partial charge on any atom is -0.490 e. The van der Waals surface area contributed by atoms with Crippen LogP contribution in [0.3, 0.4) is 0 Å². The van der Waals surface area contributed by atoms with Crippen LogP contribution in [0.5, 0.6) is 5.75 Å². The van der Waals surface area contributed by atoms with Gasteiger partial charge in [-0.1, -0.05) is 22.0 Å². The van der Waals surface area contributed by atoms with Gasteiger partial charge in [0, 0.05) is 30.0 Å². The molecule has 0 N–H and O–H groups in total. The van der Waals surface area contributed by atoms with Crippen LogP contribution < -0.4 is 4.74 Å². The lowest BCUT2D eigenvalue weighted by Crippen LogP contribution is -2.31. The number of nitrogens with zero attached hydrogens (tertiary/aromatic N) is 4. The van der Waals surface area contributed by atoms with E-state index in [1.807, 2.05) is 17.0 Å². The molecule has 0 bridgehead atoms. The Morgan fingerprint density at radius 2 is 2.04 bits per heavy atom. The van der Waals surface area contributed by atoms with Gasteiger partial charge in [0.15, 0.2) is 0 Å². The maximum atomic E-state index is 12.5. The van der Waals surface area contributed by atoms with Crippen LogP contribution in [0.2, 0.25) is 0 Å². The predicted octanol–water partition coefficient (Wildman–Crippen LogP) is 3.72. The molecular formula is C19H17BrN4O2. The third-order valence-electron chi connectivity index (χ3n) is 5.12. The summed E-state index contributed by atoms with van der Waals surface area (Å²) in [4.78, 5) is 25.9. The van der Waals surface area contributed by atoms with E-state index in [1.54, 1.807) is 18.5 Å². The number of hydrogen-bond acceptors (Lipinski definition) is 4. The molecule has 1 saturated heterocycles. The van der Waals surface area contributed by atoms with Crippen LogP contribution in [0.25, 0.3) is 4.85 Å². The molecule has 2 fully saturated rings. The van der Waals surface area contributed by atoms with E-state index in [0.29, 0.717) is 23.2 Å². The maximum absolute atomic E-state index is 12.5. The summed E-state index contributed by atoms with van der Waals surface area (Å²) in [6.45, 7) is 8.59. The van der Waals surface area contributed by atoms with Gasteiger partial charge in [-0.2, -0.15) is 0 Å². The zero-order valence-corrected chi connectivity index (χ0v) is 15.6. The summed E-state index contributed by atoms with van der Waals surface area (Å²) in [5.41, 5.74) is 0.990. The molecule has 2 aliphatic rings. The van der Waals surface area contributed by atoms with Crippen LogP contribution in [0.15, 0.2) is 41.3 Å². The lowest BCUT2D eigenvalue weighted by Gasteiger charge is -2.20. The number of carbonyl (C=O) groups is 1. The second kappa shape index (κ2) is 7.04. The van der Waals surface area contributed by atoms with Gasteiger partial charge in [0.1, 0.15) is 11.4 Å². The molecule has 132 valence electrons. The molecule has 4 rings (SSSR count). The van der Waals surface area contributed by atoms with Crippen molar-refractivity contribution in [2.75, 3.05) is 13.1 Å². The summed E-state index contributed by atoms with van der Waals surface area (Å²) < 4.78 is 6.87. The molecule has 1 saturated carbocycles. The molecule has 2 unspecified atom stereocenters. The van der Waals surface area contributed by atoms with Crippen LogP contribution in [0, 0.1) is 18.4 Å². The Morgan fingerprint density at radius 3 is 2.65 bits per heavy atom. The minimum absolute atomic E-state index is 0.0383. The number of ether oxygens (including phenoxy) is 1. The number of rotatable bonds is 3. The second-order valence-corrected chi connectivity index (χ2v) is 7.61. The fraction of sp³-hybridized carbons (Fsp3) is 0.368. The number of halogens is 1. The third-order valence-corrected chi connectivity index (χ3v) is 5.75. The molecule has 7 heteroatoms. The highest BCUT2D eigenvalue weighted by Crippen LogP contribution is 2.40. The van der Waals surface area contributed by atoms with Gasteiger partial charge in [-0.05, 0) is 36.8 Å². The fourth-order valence-corrected chi connectivity index (χ4v) is 4.37. The molecule has 0 radical (unpaired) electrons. The number of aromatic nitrogens is 2. The van der Waals surface area contributed by atoms with Crippen molar-refractivity contribution in [2.24, 2.45) is 11.8 Å². The zero-order chi connectivity index (χ0) is 18.1. The number of benzene rings is 1. The first kappa shape index (κ1) is 17.0. The Labute approximate surface area is 160 Å². The molecule has 1 aromatic heterocycles. The van der Waals surface area contributed by atoms with E-state index in [-0.39, 0.29) is 12.0 Å². The smallest absolute Gasteiger partial charge is 0.274 e. The summed E-state index contributed by atoms with van der Waals surface area (Å²) in [7, 11) is 0. The van der Waals surface area contributed by atoms with Gasteiger partial charge < -0.3 is 9.64 Å². The first-order chi connectivity index (χ1) is 12.6. The first-order valence-corrected chi connectivity index (χ1v) is 9.32. The normalized spacial score (nSPS) is 24.2. The summed E-state index contributed by atoms with van der Waals surface area (Å²) in [6.07, 6.45) is 6.68. The number of amides is 1. The highest BCUT2D eigenvalue weighted by molar-refractivity contribution is 9.10. The van der Waals surface area contributed by atoms with Gasteiger partial charge in [-0.15, -0.1) is 0 Å². The van der Waals surface area contributed by atoms with Crippen LogP contribution in [-0.4, -0.2) is 40.0 Å². The monoisotopic (exact) mass is 412 g/mol. The van der Waals surface area contributed by atoms with Crippen molar-refractivity contribution in [2.45, 2.75) is 18.9 Å².